The van der Waals surface area contributed by atoms with Gasteiger partial charge >= 0.3 is 6.18 Å². The Hall–Kier alpha value is -2.06. The second-order valence-corrected chi connectivity index (χ2v) is 7.04. The molecule has 0 radical (unpaired) electrons. The van der Waals surface area contributed by atoms with Crippen molar-refractivity contribution in [2.75, 3.05) is 33.8 Å². The molecular weight excluding hydrogens is 357 g/mol. The molecule has 0 aliphatic rings. The van der Waals surface area contributed by atoms with Gasteiger partial charge in [0, 0.05) is 31.4 Å². The molecule has 0 saturated carbocycles. The number of H-pyrrole nitrogens is 1. The van der Waals surface area contributed by atoms with Gasteiger partial charge in [0.1, 0.15) is 5.75 Å². The first-order valence-electron chi connectivity index (χ1n) is 8.92. The lowest BCUT2D eigenvalue weighted by molar-refractivity contribution is -0.137. The summed E-state index contributed by atoms with van der Waals surface area (Å²) in [6.45, 7) is 6.39. The summed E-state index contributed by atoms with van der Waals surface area (Å²) in [6, 6.07) is 3.83. The van der Waals surface area contributed by atoms with Crippen LogP contribution in [-0.2, 0) is 12.7 Å². The van der Waals surface area contributed by atoms with Gasteiger partial charge in [0.05, 0.1) is 17.9 Å². The molecule has 8 heteroatoms. The minimum atomic E-state index is -4.45. The highest BCUT2D eigenvalue weighted by atomic mass is 19.4. The summed E-state index contributed by atoms with van der Waals surface area (Å²) in [5.41, 5.74) is 1.05. The van der Waals surface area contributed by atoms with Gasteiger partial charge in [-0.25, -0.2) is 0 Å². The Morgan fingerprint density at radius 2 is 2.00 bits per heavy atom. The fourth-order valence-corrected chi connectivity index (χ4v) is 2.59. The zero-order chi connectivity index (χ0) is 20.0. The maximum Gasteiger partial charge on any atom is 0.416 e. The maximum atomic E-state index is 13.3. The largest absolute Gasteiger partial charge is 0.493 e. The molecule has 1 heterocycles. The molecule has 150 valence electrons. The SMILES string of the molecule is CNCCN(C)Cc1n[nH]cc1-c1cc(OCC(C)C)cc(C(F)(F)F)c1. The Labute approximate surface area is 157 Å². The Balaban J connectivity index is 2.34. The summed E-state index contributed by atoms with van der Waals surface area (Å²) in [4.78, 5) is 2.06. The van der Waals surface area contributed by atoms with E-state index in [0.29, 0.717) is 30.0 Å². The number of aromatic nitrogens is 2. The number of nitrogens with one attached hydrogen (secondary N) is 2. The maximum absolute atomic E-state index is 13.3. The lowest BCUT2D eigenvalue weighted by Crippen LogP contribution is -2.27. The summed E-state index contributed by atoms with van der Waals surface area (Å²) < 4.78 is 45.6. The molecule has 2 rings (SSSR count). The quantitative estimate of drug-likeness (QED) is 0.691. The van der Waals surface area contributed by atoms with Crippen LogP contribution in [0.3, 0.4) is 0 Å². The molecule has 1 aromatic heterocycles. The van der Waals surface area contributed by atoms with Crippen LogP contribution in [0.15, 0.2) is 24.4 Å². The molecule has 0 aliphatic carbocycles. The summed E-state index contributed by atoms with van der Waals surface area (Å²) in [5.74, 6) is 0.428. The first-order chi connectivity index (χ1) is 12.7. The summed E-state index contributed by atoms with van der Waals surface area (Å²) in [7, 11) is 3.81. The number of ether oxygens (including phenoxy) is 1. The van der Waals surface area contributed by atoms with Crippen LogP contribution < -0.4 is 10.1 Å². The van der Waals surface area contributed by atoms with Gasteiger partial charge in [-0.1, -0.05) is 13.8 Å². The molecule has 5 nitrogen and oxygen atoms in total. The number of hydrogen-bond acceptors (Lipinski definition) is 4. The predicted molar refractivity (Wildman–Crippen MR) is 99.6 cm³/mol. The second kappa shape index (κ2) is 9.23. The predicted octanol–water partition coefficient (Wildman–Crippen LogP) is 3.78. The third kappa shape index (κ3) is 6.25. The van der Waals surface area contributed by atoms with Crippen molar-refractivity contribution in [2.45, 2.75) is 26.6 Å². The van der Waals surface area contributed by atoms with Gasteiger partial charge < -0.3 is 10.1 Å². The average Bonchev–Trinajstić information content (AvgIpc) is 3.05. The molecule has 0 fully saturated rings. The number of aromatic amines is 1. The van der Waals surface area contributed by atoms with Crippen molar-refractivity contribution in [3.63, 3.8) is 0 Å². The zero-order valence-corrected chi connectivity index (χ0v) is 16.2. The van der Waals surface area contributed by atoms with Gasteiger partial charge in [0.2, 0.25) is 0 Å². The van der Waals surface area contributed by atoms with E-state index in [0.717, 1.165) is 25.2 Å². The summed E-state index contributed by atoms with van der Waals surface area (Å²) in [5, 5.41) is 10.1. The van der Waals surface area contributed by atoms with E-state index in [1.807, 2.05) is 27.9 Å². The van der Waals surface area contributed by atoms with Crippen molar-refractivity contribution in [1.82, 2.24) is 20.4 Å². The molecule has 0 bridgehead atoms. The monoisotopic (exact) mass is 384 g/mol. The van der Waals surface area contributed by atoms with Gasteiger partial charge in [0.15, 0.2) is 0 Å². The molecule has 27 heavy (non-hydrogen) atoms. The lowest BCUT2D eigenvalue weighted by Gasteiger charge is -2.17. The Morgan fingerprint density at radius 1 is 1.26 bits per heavy atom. The number of rotatable bonds is 9. The van der Waals surface area contributed by atoms with Gasteiger partial charge in [-0.3, -0.25) is 10.00 Å². The van der Waals surface area contributed by atoms with E-state index in [9.17, 15) is 13.2 Å². The average molecular weight is 384 g/mol. The highest BCUT2D eigenvalue weighted by molar-refractivity contribution is 5.68. The fourth-order valence-electron chi connectivity index (χ4n) is 2.59. The van der Waals surface area contributed by atoms with Crippen LogP contribution in [0.5, 0.6) is 5.75 Å². The third-order valence-corrected chi connectivity index (χ3v) is 4.01. The number of benzene rings is 1. The van der Waals surface area contributed by atoms with E-state index < -0.39 is 11.7 Å². The van der Waals surface area contributed by atoms with Crippen LogP contribution in [0.2, 0.25) is 0 Å². The Bertz CT molecular complexity index is 728. The highest BCUT2D eigenvalue weighted by Gasteiger charge is 2.32. The number of halogens is 3. The van der Waals surface area contributed by atoms with E-state index in [1.54, 1.807) is 12.3 Å². The summed E-state index contributed by atoms with van der Waals surface area (Å²) >= 11 is 0. The van der Waals surface area contributed by atoms with Crippen molar-refractivity contribution in [3.8, 4) is 16.9 Å². The van der Waals surface area contributed by atoms with E-state index in [4.69, 9.17) is 4.74 Å². The van der Waals surface area contributed by atoms with Crippen LogP contribution in [0.4, 0.5) is 13.2 Å². The fraction of sp³-hybridized carbons (Fsp3) is 0.526. The molecule has 0 atom stereocenters. The van der Waals surface area contributed by atoms with Crippen molar-refractivity contribution >= 4 is 0 Å². The van der Waals surface area contributed by atoms with Crippen molar-refractivity contribution < 1.29 is 17.9 Å². The molecule has 1 aromatic carbocycles. The number of hydrogen-bond donors (Lipinski definition) is 2. The minimum Gasteiger partial charge on any atom is -0.493 e. The number of nitrogens with zero attached hydrogens (tertiary/aromatic N) is 2. The summed E-state index contributed by atoms with van der Waals surface area (Å²) in [6.07, 6.45) is -2.82. The number of likely N-dealkylation sites (N-methyl/N-ethyl adjacent to an activating group) is 2. The van der Waals surface area contributed by atoms with Gasteiger partial charge in [-0.15, -0.1) is 0 Å². The molecule has 0 spiro atoms. The Morgan fingerprint density at radius 3 is 2.63 bits per heavy atom. The number of alkyl halides is 3. The molecule has 0 saturated heterocycles. The van der Waals surface area contributed by atoms with Crippen molar-refractivity contribution in [3.05, 3.63) is 35.7 Å². The molecular formula is C19H27F3N4O. The first-order valence-corrected chi connectivity index (χ1v) is 8.92. The second-order valence-electron chi connectivity index (χ2n) is 7.04. The first kappa shape index (κ1) is 21.2. The van der Waals surface area contributed by atoms with Gasteiger partial charge in [0.25, 0.3) is 0 Å². The van der Waals surface area contributed by atoms with Crippen molar-refractivity contribution in [1.29, 1.82) is 0 Å². The van der Waals surface area contributed by atoms with E-state index in [1.165, 1.54) is 0 Å². The van der Waals surface area contributed by atoms with Crippen LogP contribution in [0.25, 0.3) is 11.1 Å². The highest BCUT2D eigenvalue weighted by Crippen LogP contribution is 2.36. The van der Waals surface area contributed by atoms with E-state index in [2.05, 4.69) is 20.4 Å². The molecule has 2 aromatic rings. The van der Waals surface area contributed by atoms with Crippen LogP contribution >= 0.6 is 0 Å². The standard InChI is InChI=1S/C19H27F3N4O/c1-13(2)12-27-16-8-14(7-15(9-16)19(20,21)22)17-10-24-25-18(17)11-26(4)6-5-23-3/h7-10,13,23H,5-6,11-12H2,1-4H3,(H,24,25). The smallest absolute Gasteiger partial charge is 0.416 e. The van der Waals surface area contributed by atoms with E-state index in [-0.39, 0.29) is 11.7 Å². The minimum absolute atomic E-state index is 0.212. The lowest BCUT2D eigenvalue weighted by atomic mass is 10.0. The van der Waals surface area contributed by atoms with Crippen LogP contribution in [0.1, 0.15) is 25.1 Å². The van der Waals surface area contributed by atoms with Crippen molar-refractivity contribution in [2.24, 2.45) is 5.92 Å². The molecule has 0 unspecified atom stereocenters. The topological polar surface area (TPSA) is 53.2 Å². The normalized spacial score (nSPS) is 12.2. The molecule has 0 aliphatic heterocycles. The van der Waals surface area contributed by atoms with Gasteiger partial charge in [-0.05, 0) is 43.8 Å². The van der Waals surface area contributed by atoms with Crippen LogP contribution in [-0.4, -0.2) is 48.9 Å². The third-order valence-electron chi connectivity index (χ3n) is 4.01. The Kier molecular flexibility index (Phi) is 7.26. The molecule has 2 N–H and O–H groups in total. The van der Waals surface area contributed by atoms with Gasteiger partial charge in [-0.2, -0.15) is 18.3 Å². The van der Waals surface area contributed by atoms with Crippen LogP contribution in [0, 0.1) is 5.92 Å². The molecule has 0 amide bonds. The zero-order valence-electron chi connectivity index (χ0n) is 16.2. The van der Waals surface area contributed by atoms with E-state index >= 15 is 0 Å².